The molecule has 0 atom stereocenters. The Kier molecular flexibility index (Phi) is 1.69. The van der Waals surface area contributed by atoms with Crippen molar-refractivity contribution in [3.05, 3.63) is 0 Å². The third-order valence-corrected chi connectivity index (χ3v) is 4.22. The van der Waals surface area contributed by atoms with E-state index in [-0.39, 0.29) is 0 Å². The first kappa shape index (κ1) is 7.88. The summed E-state index contributed by atoms with van der Waals surface area (Å²) in [4.78, 5) is 2.99. The summed E-state index contributed by atoms with van der Waals surface area (Å²) in [6.45, 7) is 2.42. The van der Waals surface area contributed by atoms with Crippen LogP contribution in [0.4, 0.5) is 0 Å². The van der Waals surface area contributed by atoms with E-state index in [9.17, 15) is 0 Å². The molecule has 3 fully saturated rings. The largest absolute Gasteiger partial charge is 0.227 e. The fraction of sp³-hybridized carbons (Fsp3) is 1.00. The molecule has 3 saturated carbocycles. The van der Waals surface area contributed by atoms with Crippen LogP contribution in [0, 0.1) is 5.41 Å². The highest BCUT2D eigenvalue weighted by Gasteiger charge is 2.45. The van der Waals surface area contributed by atoms with E-state index in [1.165, 1.54) is 38.5 Å². The van der Waals surface area contributed by atoms with E-state index >= 15 is 0 Å². The van der Waals surface area contributed by atoms with Crippen molar-refractivity contribution in [1.82, 2.24) is 4.84 Å². The van der Waals surface area contributed by atoms with Crippen LogP contribution in [0.1, 0.15) is 45.4 Å². The molecule has 3 aliphatic carbocycles. The molecule has 64 valence electrons. The maximum atomic E-state index is 5.76. The summed E-state index contributed by atoms with van der Waals surface area (Å²) in [6, 6.07) is 0. The van der Waals surface area contributed by atoms with Crippen LogP contribution in [0.25, 0.3) is 0 Å². The number of nitrogens with one attached hydrogen (secondary N) is 1. The first-order chi connectivity index (χ1) is 5.18. The van der Waals surface area contributed by atoms with Crippen molar-refractivity contribution in [2.75, 3.05) is 0 Å². The van der Waals surface area contributed by atoms with Crippen molar-refractivity contribution in [2.24, 2.45) is 5.41 Å². The van der Waals surface area contributed by atoms with Crippen molar-refractivity contribution < 1.29 is 0 Å². The molecule has 2 bridgehead atoms. The van der Waals surface area contributed by atoms with E-state index in [2.05, 4.69) is 11.8 Å². The molecular weight excluding hydrogens is 158 g/mol. The molecule has 0 aromatic rings. The minimum absolute atomic E-state index is 0.319. The lowest BCUT2D eigenvalue weighted by atomic mass is 9.58. The minimum atomic E-state index is 0.319. The van der Waals surface area contributed by atoms with Crippen molar-refractivity contribution in [2.45, 2.75) is 51.0 Å². The monoisotopic (exact) mass is 173 g/mol. The lowest BCUT2D eigenvalue weighted by molar-refractivity contribution is 0.0512. The Morgan fingerprint density at radius 1 is 1.00 bits per heavy atom. The predicted octanol–water partition coefficient (Wildman–Crippen LogP) is 2.84. The van der Waals surface area contributed by atoms with Crippen molar-refractivity contribution >= 4 is 11.8 Å². The van der Waals surface area contributed by atoms with E-state index in [0.717, 1.165) is 0 Å². The maximum absolute atomic E-state index is 5.76. The zero-order chi connectivity index (χ0) is 7.95. The Labute approximate surface area is 73.6 Å². The second-order valence-corrected chi connectivity index (χ2v) is 4.87. The predicted molar refractivity (Wildman–Crippen MR) is 47.5 cm³/mol. The van der Waals surface area contributed by atoms with Gasteiger partial charge in [-0.2, -0.15) is 0 Å². The van der Waals surface area contributed by atoms with Gasteiger partial charge in [0.05, 0.1) is 0 Å². The Morgan fingerprint density at radius 3 is 1.82 bits per heavy atom. The number of hydrogen-bond acceptors (Lipinski definition) is 1. The highest BCUT2D eigenvalue weighted by atomic mass is 35.5. The van der Waals surface area contributed by atoms with Gasteiger partial charge in [-0.1, -0.05) is 6.92 Å². The maximum Gasteiger partial charge on any atom is 0.0332 e. The van der Waals surface area contributed by atoms with Crippen LogP contribution in [0.2, 0.25) is 0 Å². The molecule has 1 nitrogen and oxygen atoms in total. The summed E-state index contributed by atoms with van der Waals surface area (Å²) in [5.41, 5.74) is 0.981. The van der Waals surface area contributed by atoms with Crippen LogP contribution in [0.5, 0.6) is 0 Å². The molecule has 3 aliphatic rings. The molecule has 0 spiro atoms. The highest BCUT2D eigenvalue weighted by molar-refractivity contribution is 6.13. The molecule has 0 aliphatic heterocycles. The van der Waals surface area contributed by atoms with Gasteiger partial charge in [0.25, 0.3) is 0 Å². The molecule has 3 rings (SSSR count). The average Bonchev–Trinajstić information content (AvgIpc) is 2.07. The highest BCUT2D eigenvalue weighted by Crippen LogP contribution is 2.51. The third-order valence-electron chi connectivity index (χ3n) is 3.82. The SMILES string of the molecule is CC12CCC(NCl)(CC1)CC2. The van der Waals surface area contributed by atoms with E-state index in [1.807, 2.05) is 0 Å². The summed E-state index contributed by atoms with van der Waals surface area (Å²) in [6.07, 6.45) is 7.96. The Balaban J connectivity index is 2.12. The molecule has 0 aromatic heterocycles. The lowest BCUT2D eigenvalue weighted by Gasteiger charge is -2.51. The van der Waals surface area contributed by atoms with E-state index in [4.69, 9.17) is 11.8 Å². The molecule has 0 amide bonds. The van der Waals surface area contributed by atoms with Crippen LogP contribution in [-0.4, -0.2) is 5.54 Å². The van der Waals surface area contributed by atoms with Crippen molar-refractivity contribution in [1.29, 1.82) is 0 Å². The van der Waals surface area contributed by atoms with Crippen molar-refractivity contribution in [3.63, 3.8) is 0 Å². The van der Waals surface area contributed by atoms with Gasteiger partial charge < -0.3 is 0 Å². The molecule has 1 N–H and O–H groups in total. The second kappa shape index (κ2) is 2.37. The lowest BCUT2D eigenvalue weighted by Crippen LogP contribution is -2.50. The summed E-state index contributed by atoms with van der Waals surface area (Å²) >= 11 is 5.76. The molecular formula is C9H16ClN. The molecule has 0 radical (unpaired) electrons. The molecule has 0 aromatic carbocycles. The summed E-state index contributed by atoms with van der Waals surface area (Å²) < 4.78 is 0. The number of hydrogen-bond donors (Lipinski definition) is 1. The van der Waals surface area contributed by atoms with Gasteiger partial charge in [0, 0.05) is 5.54 Å². The zero-order valence-electron chi connectivity index (χ0n) is 7.12. The fourth-order valence-corrected chi connectivity index (χ4v) is 2.80. The quantitative estimate of drug-likeness (QED) is 0.602. The average molecular weight is 174 g/mol. The summed E-state index contributed by atoms with van der Waals surface area (Å²) in [5.74, 6) is 0. The molecule has 2 heteroatoms. The van der Waals surface area contributed by atoms with Gasteiger partial charge >= 0.3 is 0 Å². The Hall–Kier alpha value is 0.250. The van der Waals surface area contributed by atoms with Gasteiger partial charge in [-0.15, -0.1) is 0 Å². The van der Waals surface area contributed by atoms with Gasteiger partial charge in [-0.05, 0) is 55.7 Å². The van der Waals surface area contributed by atoms with Gasteiger partial charge in [0.1, 0.15) is 0 Å². The van der Waals surface area contributed by atoms with Crippen LogP contribution in [0.15, 0.2) is 0 Å². The molecule has 0 heterocycles. The van der Waals surface area contributed by atoms with E-state index < -0.39 is 0 Å². The van der Waals surface area contributed by atoms with Gasteiger partial charge in [-0.25, -0.2) is 4.84 Å². The fourth-order valence-electron chi connectivity index (χ4n) is 2.51. The topological polar surface area (TPSA) is 12.0 Å². The summed E-state index contributed by atoms with van der Waals surface area (Å²) in [7, 11) is 0. The Bertz CT molecular complexity index is 142. The van der Waals surface area contributed by atoms with Gasteiger partial charge in [-0.3, -0.25) is 0 Å². The van der Waals surface area contributed by atoms with Crippen LogP contribution < -0.4 is 4.84 Å². The molecule has 0 saturated heterocycles. The first-order valence-electron chi connectivity index (χ1n) is 4.56. The number of halogens is 1. The Morgan fingerprint density at radius 2 is 1.45 bits per heavy atom. The number of fused-ring (bicyclic) bond motifs is 3. The molecule has 11 heavy (non-hydrogen) atoms. The molecule has 0 unspecified atom stereocenters. The standard InChI is InChI=1S/C9H16ClN/c1-8-2-5-9(11-10,6-3-8)7-4-8/h11H,2-7H2,1H3. The van der Waals surface area contributed by atoms with E-state index in [1.54, 1.807) is 0 Å². The van der Waals surface area contributed by atoms with Gasteiger partial charge in [0.2, 0.25) is 0 Å². The second-order valence-electron chi connectivity index (χ2n) is 4.69. The first-order valence-corrected chi connectivity index (χ1v) is 4.94. The van der Waals surface area contributed by atoms with Crippen LogP contribution in [0.3, 0.4) is 0 Å². The van der Waals surface area contributed by atoms with E-state index in [0.29, 0.717) is 11.0 Å². The minimum Gasteiger partial charge on any atom is -0.227 e. The van der Waals surface area contributed by atoms with Crippen LogP contribution in [-0.2, 0) is 0 Å². The van der Waals surface area contributed by atoms with Crippen LogP contribution >= 0.6 is 11.8 Å². The third kappa shape index (κ3) is 1.19. The normalized spacial score (nSPS) is 49.6. The number of rotatable bonds is 1. The zero-order valence-corrected chi connectivity index (χ0v) is 7.88. The van der Waals surface area contributed by atoms with Crippen molar-refractivity contribution in [3.8, 4) is 0 Å². The summed E-state index contributed by atoms with van der Waals surface area (Å²) in [5, 5.41) is 0. The van der Waals surface area contributed by atoms with Gasteiger partial charge in [0.15, 0.2) is 0 Å². The smallest absolute Gasteiger partial charge is 0.0332 e.